The van der Waals surface area contributed by atoms with E-state index in [0.717, 1.165) is 30.8 Å². The van der Waals surface area contributed by atoms with Crippen molar-refractivity contribution in [1.29, 1.82) is 0 Å². The molecule has 1 aliphatic rings. The summed E-state index contributed by atoms with van der Waals surface area (Å²) < 4.78 is 0. The van der Waals surface area contributed by atoms with Crippen LogP contribution in [0.25, 0.3) is 10.8 Å². The molecule has 22 heavy (non-hydrogen) atoms. The van der Waals surface area contributed by atoms with Gasteiger partial charge in [0.2, 0.25) is 0 Å². The van der Waals surface area contributed by atoms with Gasteiger partial charge in [-0.1, -0.05) is 42.5 Å². The first kappa shape index (κ1) is 13.2. The normalized spacial score (nSPS) is 14.4. The molecule has 1 aliphatic heterocycles. The van der Waals surface area contributed by atoms with Gasteiger partial charge in [-0.2, -0.15) is 0 Å². The highest BCUT2D eigenvalue weighted by molar-refractivity contribution is 5.85. The van der Waals surface area contributed by atoms with Crippen LogP contribution in [-0.4, -0.2) is 15.1 Å². The highest BCUT2D eigenvalue weighted by Gasteiger charge is 2.21. The summed E-state index contributed by atoms with van der Waals surface area (Å²) in [6.45, 7) is 2.45. The zero-order valence-electron chi connectivity index (χ0n) is 12.2. The lowest BCUT2D eigenvalue weighted by atomic mass is 10.0. The Morgan fingerprint density at radius 1 is 0.818 bits per heavy atom. The lowest BCUT2D eigenvalue weighted by molar-refractivity contribution is 0.276. The van der Waals surface area contributed by atoms with Gasteiger partial charge in [0, 0.05) is 19.6 Å². The van der Waals surface area contributed by atoms with Gasteiger partial charge in [0.25, 0.3) is 0 Å². The van der Waals surface area contributed by atoms with Crippen LogP contribution in [0.15, 0.2) is 54.6 Å². The molecular weight excluding hydrogens is 274 g/mol. The predicted octanol–water partition coefficient (Wildman–Crippen LogP) is 3.77. The molecule has 3 nitrogen and oxygen atoms in total. The van der Waals surface area contributed by atoms with Gasteiger partial charge in [0.05, 0.1) is 0 Å². The molecule has 2 N–H and O–H groups in total. The lowest BCUT2D eigenvalue weighted by Crippen LogP contribution is -2.15. The second-order valence-corrected chi connectivity index (χ2v) is 5.89. The molecule has 0 fully saturated rings. The summed E-state index contributed by atoms with van der Waals surface area (Å²) in [6, 6.07) is 18.2. The number of rotatable bonds is 2. The molecule has 0 saturated heterocycles. The average molecular weight is 291 g/mol. The highest BCUT2D eigenvalue weighted by Crippen LogP contribution is 2.34. The zero-order valence-corrected chi connectivity index (χ0v) is 12.2. The SMILES string of the molecule is Oc1cc2c(cc1O)CN(Cc1cccc3ccccc13)C2. The fourth-order valence-electron chi connectivity index (χ4n) is 3.28. The summed E-state index contributed by atoms with van der Waals surface area (Å²) in [5.74, 6) is -0.0727. The second kappa shape index (κ2) is 5.04. The van der Waals surface area contributed by atoms with Crippen molar-refractivity contribution in [3.8, 4) is 11.5 Å². The summed E-state index contributed by atoms with van der Waals surface area (Å²) in [6.07, 6.45) is 0. The molecule has 4 rings (SSSR count). The van der Waals surface area contributed by atoms with Crippen molar-refractivity contribution in [2.45, 2.75) is 19.6 Å². The van der Waals surface area contributed by atoms with Crippen molar-refractivity contribution in [2.75, 3.05) is 0 Å². The van der Waals surface area contributed by atoms with Gasteiger partial charge in [-0.15, -0.1) is 0 Å². The quantitative estimate of drug-likeness (QED) is 0.706. The third kappa shape index (κ3) is 2.20. The van der Waals surface area contributed by atoms with Crippen molar-refractivity contribution < 1.29 is 10.2 Å². The number of nitrogens with zero attached hydrogens (tertiary/aromatic N) is 1. The van der Waals surface area contributed by atoms with Crippen molar-refractivity contribution in [2.24, 2.45) is 0 Å². The number of aromatic hydroxyl groups is 2. The van der Waals surface area contributed by atoms with Crippen molar-refractivity contribution in [3.63, 3.8) is 0 Å². The van der Waals surface area contributed by atoms with Gasteiger partial charge in [-0.3, -0.25) is 4.90 Å². The topological polar surface area (TPSA) is 43.7 Å². The lowest BCUT2D eigenvalue weighted by Gasteiger charge is -2.16. The van der Waals surface area contributed by atoms with Crippen LogP contribution in [0.4, 0.5) is 0 Å². The Morgan fingerprint density at radius 2 is 1.45 bits per heavy atom. The number of benzene rings is 3. The standard InChI is InChI=1S/C19H17NO2/c21-18-8-15-11-20(12-16(15)9-19(18)22)10-14-6-3-5-13-4-1-2-7-17(13)14/h1-9,21-22H,10-12H2. The molecule has 0 spiro atoms. The molecule has 0 bridgehead atoms. The molecule has 110 valence electrons. The summed E-state index contributed by atoms with van der Waals surface area (Å²) in [5, 5.41) is 21.8. The molecule has 3 aromatic rings. The molecule has 0 unspecified atom stereocenters. The first-order valence-electron chi connectivity index (χ1n) is 7.43. The van der Waals surface area contributed by atoms with Crippen LogP contribution >= 0.6 is 0 Å². The molecule has 0 aromatic heterocycles. The Morgan fingerprint density at radius 3 is 2.18 bits per heavy atom. The minimum absolute atomic E-state index is 0.0363. The Labute approximate surface area is 129 Å². The number of phenols is 2. The van der Waals surface area contributed by atoms with Gasteiger partial charge in [0.15, 0.2) is 11.5 Å². The molecule has 0 amide bonds. The van der Waals surface area contributed by atoms with E-state index in [-0.39, 0.29) is 11.5 Å². The van der Waals surface area contributed by atoms with Crippen LogP contribution in [0.3, 0.4) is 0 Å². The Kier molecular flexibility index (Phi) is 3.01. The van der Waals surface area contributed by atoms with Crippen molar-refractivity contribution in [1.82, 2.24) is 4.90 Å². The third-order valence-corrected chi connectivity index (χ3v) is 4.36. The fraction of sp³-hybridized carbons (Fsp3) is 0.158. The Balaban J connectivity index is 1.63. The van der Waals surface area contributed by atoms with E-state index < -0.39 is 0 Å². The van der Waals surface area contributed by atoms with Gasteiger partial charge in [-0.25, -0.2) is 0 Å². The van der Waals surface area contributed by atoms with E-state index in [9.17, 15) is 10.2 Å². The fourth-order valence-corrected chi connectivity index (χ4v) is 3.28. The molecule has 3 aromatic carbocycles. The molecule has 0 atom stereocenters. The van der Waals surface area contributed by atoms with E-state index in [1.165, 1.54) is 16.3 Å². The molecule has 0 radical (unpaired) electrons. The van der Waals surface area contributed by atoms with E-state index in [4.69, 9.17) is 0 Å². The van der Waals surface area contributed by atoms with Crippen LogP contribution in [0, 0.1) is 0 Å². The average Bonchev–Trinajstić information content (AvgIpc) is 2.89. The minimum Gasteiger partial charge on any atom is -0.504 e. The molecule has 3 heteroatoms. The highest BCUT2D eigenvalue weighted by atomic mass is 16.3. The molecule has 0 aliphatic carbocycles. The van der Waals surface area contributed by atoms with Crippen LogP contribution < -0.4 is 0 Å². The van der Waals surface area contributed by atoms with Gasteiger partial charge in [0.1, 0.15) is 0 Å². The maximum absolute atomic E-state index is 9.63. The summed E-state index contributed by atoms with van der Waals surface area (Å²) >= 11 is 0. The number of fused-ring (bicyclic) bond motifs is 2. The minimum atomic E-state index is -0.0363. The first-order chi connectivity index (χ1) is 10.7. The van der Waals surface area contributed by atoms with E-state index >= 15 is 0 Å². The second-order valence-electron chi connectivity index (χ2n) is 5.89. The van der Waals surface area contributed by atoms with Crippen molar-refractivity contribution >= 4 is 10.8 Å². The Hall–Kier alpha value is -2.52. The third-order valence-electron chi connectivity index (χ3n) is 4.36. The maximum atomic E-state index is 9.63. The van der Waals surface area contributed by atoms with Crippen LogP contribution in [-0.2, 0) is 19.6 Å². The van der Waals surface area contributed by atoms with Crippen LogP contribution in [0.2, 0.25) is 0 Å². The van der Waals surface area contributed by atoms with Gasteiger partial charge >= 0.3 is 0 Å². The zero-order chi connectivity index (χ0) is 15.1. The van der Waals surface area contributed by atoms with Gasteiger partial charge in [-0.05, 0) is 39.6 Å². The van der Waals surface area contributed by atoms with Gasteiger partial charge < -0.3 is 10.2 Å². The van der Waals surface area contributed by atoms with E-state index in [2.05, 4.69) is 47.4 Å². The maximum Gasteiger partial charge on any atom is 0.157 e. The largest absolute Gasteiger partial charge is 0.504 e. The summed E-state index contributed by atoms with van der Waals surface area (Å²) in [4.78, 5) is 2.32. The van der Waals surface area contributed by atoms with E-state index in [1.807, 2.05) is 0 Å². The van der Waals surface area contributed by atoms with Crippen molar-refractivity contribution in [3.05, 3.63) is 71.3 Å². The predicted molar refractivity (Wildman–Crippen MR) is 86.7 cm³/mol. The molecule has 1 heterocycles. The van der Waals surface area contributed by atoms with Crippen LogP contribution in [0.5, 0.6) is 11.5 Å². The van der Waals surface area contributed by atoms with E-state index in [1.54, 1.807) is 12.1 Å². The van der Waals surface area contributed by atoms with E-state index in [0.29, 0.717) is 0 Å². The number of hydrogen-bond acceptors (Lipinski definition) is 3. The van der Waals surface area contributed by atoms with Crippen LogP contribution in [0.1, 0.15) is 16.7 Å². The Bertz CT molecular complexity index is 821. The smallest absolute Gasteiger partial charge is 0.157 e. The number of phenolic OH excluding ortho intramolecular Hbond substituents is 2. The summed E-state index contributed by atoms with van der Waals surface area (Å²) in [5.41, 5.74) is 3.49. The molecular formula is C19H17NO2. The number of hydrogen-bond donors (Lipinski definition) is 2. The monoisotopic (exact) mass is 291 g/mol. The first-order valence-corrected chi connectivity index (χ1v) is 7.43. The molecule has 0 saturated carbocycles. The summed E-state index contributed by atoms with van der Waals surface area (Å²) in [7, 11) is 0.